The summed E-state index contributed by atoms with van der Waals surface area (Å²) in [6, 6.07) is 0.475. The van der Waals surface area contributed by atoms with Crippen LogP contribution in [-0.4, -0.2) is 23.8 Å². The third-order valence-corrected chi connectivity index (χ3v) is 3.72. The minimum absolute atomic E-state index is 0.141. The smallest absolute Gasteiger partial charge is 0.0695 e. The maximum atomic E-state index is 10.2. The first-order valence-corrected chi connectivity index (χ1v) is 6.56. The first-order valence-electron chi connectivity index (χ1n) is 6.56. The number of hydrogen-bond acceptors (Lipinski definition) is 2. The van der Waals surface area contributed by atoms with Crippen LogP contribution in [0.4, 0.5) is 0 Å². The Morgan fingerprint density at radius 2 is 1.93 bits per heavy atom. The van der Waals surface area contributed by atoms with E-state index in [2.05, 4.69) is 26.1 Å². The fraction of sp³-hybridized carbons (Fsp3) is 1.00. The normalized spacial score (nSPS) is 29.4. The molecule has 2 heteroatoms. The molecule has 0 aromatic heterocycles. The Bertz CT molecular complexity index is 170. The summed E-state index contributed by atoms with van der Waals surface area (Å²) < 4.78 is 0. The van der Waals surface area contributed by atoms with Crippen molar-refractivity contribution in [3.63, 3.8) is 0 Å². The molecule has 2 nitrogen and oxygen atoms in total. The summed E-state index contributed by atoms with van der Waals surface area (Å²) in [4.78, 5) is 0. The lowest BCUT2D eigenvalue weighted by Crippen LogP contribution is -2.40. The molecule has 1 aliphatic carbocycles. The molecule has 3 unspecified atom stereocenters. The van der Waals surface area contributed by atoms with E-state index in [9.17, 15) is 5.11 Å². The molecule has 0 heterocycles. The zero-order valence-corrected chi connectivity index (χ0v) is 10.5. The SMILES string of the molecule is CCC1CCCCC1C(O)CNC(C)C. The van der Waals surface area contributed by atoms with Crippen LogP contribution in [0.15, 0.2) is 0 Å². The molecular weight excluding hydrogens is 186 g/mol. The number of aliphatic hydroxyl groups excluding tert-OH is 1. The largest absolute Gasteiger partial charge is 0.392 e. The van der Waals surface area contributed by atoms with Gasteiger partial charge in [-0.3, -0.25) is 0 Å². The van der Waals surface area contributed by atoms with E-state index in [-0.39, 0.29) is 6.10 Å². The second kappa shape index (κ2) is 6.49. The maximum absolute atomic E-state index is 10.2. The van der Waals surface area contributed by atoms with Gasteiger partial charge in [-0.15, -0.1) is 0 Å². The van der Waals surface area contributed by atoms with Gasteiger partial charge in [0.2, 0.25) is 0 Å². The lowest BCUT2D eigenvalue weighted by Gasteiger charge is -2.34. The molecule has 1 saturated carbocycles. The average molecular weight is 213 g/mol. The van der Waals surface area contributed by atoms with Gasteiger partial charge in [0.05, 0.1) is 6.10 Å². The Morgan fingerprint density at radius 1 is 1.27 bits per heavy atom. The first kappa shape index (κ1) is 13.0. The molecule has 0 bridgehead atoms. The van der Waals surface area contributed by atoms with Gasteiger partial charge in [0.25, 0.3) is 0 Å². The van der Waals surface area contributed by atoms with Gasteiger partial charge < -0.3 is 10.4 Å². The van der Waals surface area contributed by atoms with Gasteiger partial charge in [-0.05, 0) is 18.3 Å². The van der Waals surface area contributed by atoms with Crippen LogP contribution in [0.1, 0.15) is 52.9 Å². The molecule has 90 valence electrons. The van der Waals surface area contributed by atoms with E-state index in [1.807, 2.05) is 0 Å². The molecule has 0 radical (unpaired) electrons. The molecule has 1 rings (SSSR count). The van der Waals surface area contributed by atoms with Gasteiger partial charge in [0.15, 0.2) is 0 Å². The summed E-state index contributed by atoms with van der Waals surface area (Å²) in [5.74, 6) is 1.29. The molecule has 3 atom stereocenters. The summed E-state index contributed by atoms with van der Waals surface area (Å²) in [6.45, 7) is 7.28. The second-order valence-electron chi connectivity index (χ2n) is 5.25. The summed E-state index contributed by atoms with van der Waals surface area (Å²) in [6.07, 6.45) is 6.29. The zero-order chi connectivity index (χ0) is 11.3. The Kier molecular flexibility index (Phi) is 5.62. The van der Waals surface area contributed by atoms with Crippen molar-refractivity contribution in [3.8, 4) is 0 Å². The van der Waals surface area contributed by atoms with E-state index < -0.39 is 0 Å². The van der Waals surface area contributed by atoms with Gasteiger partial charge in [0.1, 0.15) is 0 Å². The molecule has 0 aliphatic heterocycles. The molecule has 15 heavy (non-hydrogen) atoms. The van der Waals surface area contributed by atoms with E-state index in [4.69, 9.17) is 0 Å². The standard InChI is InChI=1S/C13H27NO/c1-4-11-7-5-6-8-12(11)13(15)9-14-10(2)3/h10-15H,4-9H2,1-3H3. The van der Waals surface area contributed by atoms with E-state index in [1.54, 1.807) is 0 Å². The van der Waals surface area contributed by atoms with E-state index in [0.717, 1.165) is 12.5 Å². The quantitative estimate of drug-likeness (QED) is 0.735. The predicted octanol–water partition coefficient (Wildman–Crippen LogP) is 2.56. The third-order valence-electron chi connectivity index (χ3n) is 3.72. The third kappa shape index (κ3) is 4.12. The molecule has 0 aromatic carbocycles. The second-order valence-corrected chi connectivity index (χ2v) is 5.25. The highest BCUT2D eigenvalue weighted by molar-refractivity contribution is 4.81. The van der Waals surface area contributed by atoms with Crippen LogP contribution in [0.5, 0.6) is 0 Å². The van der Waals surface area contributed by atoms with Crippen molar-refractivity contribution in [2.75, 3.05) is 6.54 Å². The van der Waals surface area contributed by atoms with Crippen molar-refractivity contribution in [3.05, 3.63) is 0 Å². The number of aliphatic hydroxyl groups is 1. The monoisotopic (exact) mass is 213 g/mol. The van der Waals surface area contributed by atoms with Crippen molar-refractivity contribution in [1.29, 1.82) is 0 Å². The minimum atomic E-state index is -0.141. The van der Waals surface area contributed by atoms with Crippen molar-refractivity contribution in [2.24, 2.45) is 11.8 Å². The maximum Gasteiger partial charge on any atom is 0.0695 e. The fourth-order valence-corrected chi connectivity index (χ4v) is 2.76. The van der Waals surface area contributed by atoms with Crippen LogP contribution in [0.25, 0.3) is 0 Å². The number of nitrogens with one attached hydrogen (secondary N) is 1. The molecule has 0 amide bonds. The Balaban J connectivity index is 2.37. The van der Waals surface area contributed by atoms with Gasteiger partial charge >= 0.3 is 0 Å². The molecular formula is C13H27NO. The Hall–Kier alpha value is -0.0800. The molecule has 2 N–H and O–H groups in total. The summed E-state index contributed by atoms with van der Waals surface area (Å²) >= 11 is 0. The minimum Gasteiger partial charge on any atom is -0.392 e. The Morgan fingerprint density at radius 3 is 2.53 bits per heavy atom. The highest BCUT2D eigenvalue weighted by Crippen LogP contribution is 2.34. The predicted molar refractivity (Wildman–Crippen MR) is 64.9 cm³/mol. The Labute approximate surface area is 94.5 Å². The molecule has 0 aromatic rings. The van der Waals surface area contributed by atoms with Gasteiger partial charge in [-0.1, -0.05) is 46.5 Å². The average Bonchev–Trinajstić information content (AvgIpc) is 2.25. The highest BCUT2D eigenvalue weighted by Gasteiger charge is 2.29. The van der Waals surface area contributed by atoms with Crippen LogP contribution in [-0.2, 0) is 0 Å². The van der Waals surface area contributed by atoms with Crippen LogP contribution >= 0.6 is 0 Å². The van der Waals surface area contributed by atoms with Crippen molar-refractivity contribution in [1.82, 2.24) is 5.32 Å². The van der Waals surface area contributed by atoms with Crippen LogP contribution in [0, 0.1) is 11.8 Å². The highest BCUT2D eigenvalue weighted by atomic mass is 16.3. The topological polar surface area (TPSA) is 32.3 Å². The van der Waals surface area contributed by atoms with Crippen LogP contribution < -0.4 is 5.32 Å². The molecule has 0 saturated heterocycles. The van der Waals surface area contributed by atoms with E-state index in [0.29, 0.717) is 12.0 Å². The summed E-state index contributed by atoms with van der Waals surface area (Å²) in [5.41, 5.74) is 0. The van der Waals surface area contributed by atoms with Gasteiger partial charge in [0, 0.05) is 12.6 Å². The van der Waals surface area contributed by atoms with Crippen LogP contribution in [0.3, 0.4) is 0 Å². The zero-order valence-electron chi connectivity index (χ0n) is 10.5. The van der Waals surface area contributed by atoms with Crippen molar-refractivity contribution in [2.45, 2.75) is 65.0 Å². The molecule has 1 fully saturated rings. The number of hydrogen-bond donors (Lipinski definition) is 2. The van der Waals surface area contributed by atoms with Crippen LogP contribution in [0.2, 0.25) is 0 Å². The lowest BCUT2D eigenvalue weighted by molar-refractivity contribution is 0.0449. The molecule has 0 spiro atoms. The fourth-order valence-electron chi connectivity index (χ4n) is 2.76. The van der Waals surface area contributed by atoms with Crippen molar-refractivity contribution < 1.29 is 5.11 Å². The molecule has 1 aliphatic rings. The lowest BCUT2D eigenvalue weighted by atomic mass is 9.75. The van der Waals surface area contributed by atoms with E-state index >= 15 is 0 Å². The summed E-state index contributed by atoms with van der Waals surface area (Å²) in [7, 11) is 0. The van der Waals surface area contributed by atoms with E-state index in [1.165, 1.54) is 32.1 Å². The van der Waals surface area contributed by atoms with Gasteiger partial charge in [-0.2, -0.15) is 0 Å². The summed E-state index contributed by atoms with van der Waals surface area (Å²) in [5, 5.41) is 13.5. The first-order chi connectivity index (χ1) is 7.15. The van der Waals surface area contributed by atoms with Gasteiger partial charge in [-0.25, -0.2) is 0 Å². The van der Waals surface area contributed by atoms with Crippen molar-refractivity contribution >= 4 is 0 Å². The number of rotatable bonds is 5.